The first kappa shape index (κ1) is 17.2. The molecule has 3 unspecified atom stereocenters. The predicted molar refractivity (Wildman–Crippen MR) is 101 cm³/mol. The van der Waals surface area contributed by atoms with Crippen molar-refractivity contribution in [1.29, 1.82) is 0 Å². The summed E-state index contributed by atoms with van der Waals surface area (Å²) in [6.45, 7) is 7.01. The van der Waals surface area contributed by atoms with Gasteiger partial charge in [-0.05, 0) is 50.8 Å². The monoisotopic (exact) mass is 325 g/mol. The Kier molecular flexibility index (Phi) is 5.75. The van der Waals surface area contributed by atoms with Gasteiger partial charge in [0.05, 0.1) is 0 Å². The van der Waals surface area contributed by atoms with Crippen molar-refractivity contribution < 1.29 is 0 Å². The highest BCUT2D eigenvalue weighted by Gasteiger charge is 2.27. The first-order valence-corrected chi connectivity index (χ1v) is 9.28. The van der Waals surface area contributed by atoms with Crippen LogP contribution in [0.15, 0.2) is 48.7 Å². The highest BCUT2D eigenvalue weighted by Crippen LogP contribution is 2.24. The Hall–Kier alpha value is -1.58. The molecule has 0 saturated carbocycles. The standard InChI is InChI=1S/C21H31N3/c1-17(11-12-21-10-7-14-23(21)3)22-20-13-15-24(16-20)18(2)19-8-5-4-6-9-19/h4-10,14,17-18,20,22H,11-13,15-16H2,1-3H3. The molecule has 24 heavy (non-hydrogen) atoms. The van der Waals surface area contributed by atoms with Gasteiger partial charge in [-0.1, -0.05) is 30.3 Å². The Bertz CT molecular complexity index is 619. The lowest BCUT2D eigenvalue weighted by Gasteiger charge is -2.25. The van der Waals surface area contributed by atoms with E-state index in [1.807, 2.05) is 0 Å². The Morgan fingerprint density at radius 2 is 1.92 bits per heavy atom. The summed E-state index contributed by atoms with van der Waals surface area (Å²) in [5.74, 6) is 0. The van der Waals surface area contributed by atoms with Crippen molar-refractivity contribution in [3.8, 4) is 0 Å². The molecule has 1 aromatic heterocycles. The van der Waals surface area contributed by atoms with E-state index in [9.17, 15) is 0 Å². The summed E-state index contributed by atoms with van der Waals surface area (Å²) in [4.78, 5) is 2.61. The van der Waals surface area contributed by atoms with E-state index in [1.165, 1.54) is 30.6 Å². The third kappa shape index (κ3) is 4.28. The van der Waals surface area contributed by atoms with E-state index in [1.54, 1.807) is 0 Å². The molecule has 3 heteroatoms. The summed E-state index contributed by atoms with van der Waals surface area (Å²) in [5, 5.41) is 3.85. The zero-order valence-electron chi connectivity index (χ0n) is 15.3. The fourth-order valence-electron chi connectivity index (χ4n) is 3.82. The second-order valence-corrected chi connectivity index (χ2v) is 7.28. The molecule has 0 radical (unpaired) electrons. The number of nitrogens with one attached hydrogen (secondary N) is 1. The van der Waals surface area contributed by atoms with Crippen LogP contribution in [0.5, 0.6) is 0 Å². The molecule has 3 rings (SSSR count). The van der Waals surface area contributed by atoms with Crippen molar-refractivity contribution in [1.82, 2.24) is 14.8 Å². The fourth-order valence-corrected chi connectivity index (χ4v) is 3.82. The quantitative estimate of drug-likeness (QED) is 0.836. The Morgan fingerprint density at radius 3 is 2.62 bits per heavy atom. The van der Waals surface area contributed by atoms with Gasteiger partial charge in [0.25, 0.3) is 0 Å². The molecule has 1 aliphatic heterocycles. The lowest BCUT2D eigenvalue weighted by molar-refractivity contribution is 0.253. The van der Waals surface area contributed by atoms with E-state index in [0.29, 0.717) is 18.1 Å². The van der Waals surface area contributed by atoms with Crippen LogP contribution in [0.2, 0.25) is 0 Å². The van der Waals surface area contributed by atoms with E-state index >= 15 is 0 Å². The molecule has 1 N–H and O–H groups in total. The summed E-state index contributed by atoms with van der Waals surface area (Å²) in [6, 6.07) is 16.9. The SMILES string of the molecule is CC(CCc1cccn1C)NC1CCN(C(C)c2ccccc2)C1. The van der Waals surface area contributed by atoms with Crippen molar-refractivity contribution in [2.24, 2.45) is 7.05 Å². The minimum Gasteiger partial charge on any atom is -0.354 e. The number of aryl methyl sites for hydroxylation is 2. The van der Waals surface area contributed by atoms with Gasteiger partial charge in [0.2, 0.25) is 0 Å². The molecular formula is C21H31N3. The summed E-state index contributed by atoms with van der Waals surface area (Å²) < 4.78 is 2.23. The summed E-state index contributed by atoms with van der Waals surface area (Å²) in [6.07, 6.45) is 5.73. The zero-order chi connectivity index (χ0) is 16.9. The van der Waals surface area contributed by atoms with Crippen molar-refractivity contribution >= 4 is 0 Å². The summed E-state index contributed by atoms with van der Waals surface area (Å²) in [5.41, 5.74) is 2.85. The second kappa shape index (κ2) is 8.00. The van der Waals surface area contributed by atoms with Gasteiger partial charge >= 0.3 is 0 Å². The normalized spacial score (nSPS) is 21.0. The van der Waals surface area contributed by atoms with Crippen LogP contribution in [0.4, 0.5) is 0 Å². The minimum absolute atomic E-state index is 0.511. The Balaban J connectivity index is 1.45. The first-order valence-electron chi connectivity index (χ1n) is 9.28. The maximum Gasteiger partial charge on any atom is 0.0320 e. The second-order valence-electron chi connectivity index (χ2n) is 7.28. The van der Waals surface area contributed by atoms with Crippen molar-refractivity contribution in [3.05, 3.63) is 59.9 Å². The van der Waals surface area contributed by atoms with E-state index in [4.69, 9.17) is 0 Å². The summed E-state index contributed by atoms with van der Waals surface area (Å²) >= 11 is 0. The molecule has 130 valence electrons. The minimum atomic E-state index is 0.511. The molecule has 0 amide bonds. The molecular weight excluding hydrogens is 294 g/mol. The molecule has 1 aromatic carbocycles. The molecule has 1 aliphatic rings. The van der Waals surface area contributed by atoms with Crippen LogP contribution >= 0.6 is 0 Å². The van der Waals surface area contributed by atoms with Crippen LogP contribution in [0.3, 0.4) is 0 Å². The number of benzene rings is 1. The maximum atomic E-state index is 3.85. The van der Waals surface area contributed by atoms with E-state index in [-0.39, 0.29) is 0 Å². The van der Waals surface area contributed by atoms with Gasteiger partial charge in [0, 0.05) is 50.2 Å². The van der Waals surface area contributed by atoms with Crippen LogP contribution < -0.4 is 5.32 Å². The number of nitrogens with zero attached hydrogens (tertiary/aromatic N) is 2. The topological polar surface area (TPSA) is 20.2 Å². The lowest BCUT2D eigenvalue weighted by Crippen LogP contribution is -2.39. The Morgan fingerprint density at radius 1 is 1.12 bits per heavy atom. The van der Waals surface area contributed by atoms with Gasteiger partial charge in [-0.3, -0.25) is 4.90 Å². The van der Waals surface area contributed by atoms with Crippen molar-refractivity contribution in [3.63, 3.8) is 0 Å². The van der Waals surface area contributed by atoms with Crippen LogP contribution in [0, 0.1) is 0 Å². The zero-order valence-corrected chi connectivity index (χ0v) is 15.3. The molecule has 0 spiro atoms. The average Bonchev–Trinajstić information content (AvgIpc) is 3.22. The van der Waals surface area contributed by atoms with Crippen LogP contribution in [0.25, 0.3) is 0 Å². The smallest absolute Gasteiger partial charge is 0.0320 e. The van der Waals surface area contributed by atoms with Crippen molar-refractivity contribution in [2.75, 3.05) is 13.1 Å². The fraction of sp³-hybridized carbons (Fsp3) is 0.524. The first-order chi connectivity index (χ1) is 11.6. The maximum absolute atomic E-state index is 3.85. The number of hydrogen-bond donors (Lipinski definition) is 1. The largest absolute Gasteiger partial charge is 0.354 e. The van der Waals surface area contributed by atoms with Gasteiger partial charge in [-0.2, -0.15) is 0 Å². The molecule has 1 fully saturated rings. The van der Waals surface area contributed by atoms with Gasteiger partial charge in [-0.15, -0.1) is 0 Å². The van der Waals surface area contributed by atoms with E-state index < -0.39 is 0 Å². The summed E-state index contributed by atoms with van der Waals surface area (Å²) in [7, 11) is 2.13. The van der Waals surface area contributed by atoms with Crippen LogP contribution in [0.1, 0.15) is 44.0 Å². The van der Waals surface area contributed by atoms with Crippen molar-refractivity contribution in [2.45, 2.75) is 51.2 Å². The van der Waals surface area contributed by atoms with E-state index in [2.05, 4.69) is 84.3 Å². The highest BCUT2D eigenvalue weighted by molar-refractivity contribution is 5.18. The molecule has 0 bridgehead atoms. The molecule has 3 nitrogen and oxygen atoms in total. The predicted octanol–water partition coefficient (Wildman–Crippen LogP) is 3.77. The molecule has 2 aromatic rings. The molecule has 0 aliphatic carbocycles. The number of rotatable bonds is 7. The Labute approximate surface area is 146 Å². The number of likely N-dealkylation sites (tertiary alicyclic amines) is 1. The lowest BCUT2D eigenvalue weighted by atomic mass is 10.1. The highest BCUT2D eigenvalue weighted by atomic mass is 15.2. The van der Waals surface area contributed by atoms with Gasteiger partial charge in [-0.25, -0.2) is 0 Å². The third-order valence-electron chi connectivity index (χ3n) is 5.45. The van der Waals surface area contributed by atoms with Crippen LogP contribution in [-0.2, 0) is 13.5 Å². The number of hydrogen-bond acceptors (Lipinski definition) is 2. The van der Waals surface area contributed by atoms with Gasteiger partial charge in [0.15, 0.2) is 0 Å². The van der Waals surface area contributed by atoms with Gasteiger partial charge in [0.1, 0.15) is 0 Å². The molecule has 2 heterocycles. The number of aromatic nitrogens is 1. The molecule has 3 atom stereocenters. The van der Waals surface area contributed by atoms with Gasteiger partial charge < -0.3 is 9.88 Å². The van der Waals surface area contributed by atoms with E-state index in [0.717, 1.165) is 13.0 Å². The average molecular weight is 326 g/mol. The third-order valence-corrected chi connectivity index (χ3v) is 5.45. The van der Waals surface area contributed by atoms with Crippen LogP contribution in [-0.4, -0.2) is 34.6 Å². The molecule has 1 saturated heterocycles.